The smallest absolute Gasteiger partial charge is 0.330 e. The Balaban J connectivity index is 0.00000104. The summed E-state index contributed by atoms with van der Waals surface area (Å²) in [4.78, 5) is 31.7. The molecule has 2 unspecified atom stereocenters. The largest absolute Gasteiger partial charge is 0.483 e. The first-order valence-electron chi connectivity index (χ1n) is 7.68. The van der Waals surface area contributed by atoms with Crippen LogP contribution in [0, 0.1) is 0 Å². The highest BCUT2D eigenvalue weighted by molar-refractivity contribution is 5.86. The van der Waals surface area contributed by atoms with Gasteiger partial charge in [-0.3, -0.25) is 9.59 Å². The zero-order valence-corrected chi connectivity index (χ0v) is 14.4. The average Bonchev–Trinajstić information content (AvgIpc) is 3.10. The molecule has 0 saturated carbocycles. The summed E-state index contributed by atoms with van der Waals surface area (Å²) in [5.74, 6) is -0.516. The third-order valence-corrected chi connectivity index (χ3v) is 3.23. The van der Waals surface area contributed by atoms with Gasteiger partial charge < -0.3 is 24.6 Å². The van der Waals surface area contributed by atoms with E-state index >= 15 is 0 Å². The van der Waals surface area contributed by atoms with Gasteiger partial charge in [0.25, 0.3) is 6.47 Å². The summed E-state index contributed by atoms with van der Waals surface area (Å²) in [6.07, 6.45) is 11.7. The minimum absolute atomic E-state index is 0.00993. The van der Waals surface area contributed by atoms with Crippen molar-refractivity contribution >= 4 is 18.7 Å². The first-order chi connectivity index (χ1) is 12.1. The Morgan fingerprint density at radius 1 is 1.40 bits per heavy atom. The summed E-state index contributed by atoms with van der Waals surface area (Å²) in [5.41, 5.74) is 1.30. The Morgan fingerprint density at radius 3 is 2.68 bits per heavy atom. The van der Waals surface area contributed by atoms with E-state index in [0.29, 0.717) is 6.29 Å². The number of nitrogens with zero attached hydrogens (tertiary/aromatic N) is 1. The lowest BCUT2D eigenvalue weighted by atomic mass is 10.2. The van der Waals surface area contributed by atoms with E-state index in [2.05, 4.69) is 24.1 Å². The number of esters is 1. The standard InChI is InChI=1S/C15H19NO4.CH2O2.CH4O/c1-12-4-2-8-16(10-12)14-7-6-13(20-14)11-19-15(18)5-3-9-17;2-1-3;1-2/h2-3,5,8-10,13-14H,4,6-7,11H2,1H3;1H,(H,2,3);2H,1H3/b5-3+;;. The number of ether oxygens (including phenoxy) is 2. The number of hydrogen-bond donors (Lipinski definition) is 2. The molecular weight excluding hydrogens is 330 g/mol. The molecule has 2 atom stereocenters. The quantitative estimate of drug-likeness (QED) is 0.430. The molecule has 2 N–H and O–H groups in total. The number of rotatable bonds is 5. The SMILES string of the molecule is CC1=CN(C2CCC(COC(=O)/C=C/C=O)O2)C=CC1.CO.O=CO. The summed E-state index contributed by atoms with van der Waals surface area (Å²) in [6.45, 7) is 2.06. The molecule has 0 aromatic carbocycles. The molecule has 0 spiro atoms. The van der Waals surface area contributed by atoms with Crippen molar-refractivity contribution in [3.63, 3.8) is 0 Å². The van der Waals surface area contributed by atoms with Crippen LogP contribution in [0.1, 0.15) is 26.2 Å². The van der Waals surface area contributed by atoms with Crippen LogP contribution in [-0.4, -0.2) is 59.9 Å². The van der Waals surface area contributed by atoms with E-state index in [1.807, 2.05) is 6.20 Å². The lowest BCUT2D eigenvalue weighted by Gasteiger charge is -2.26. The van der Waals surface area contributed by atoms with Crippen LogP contribution in [0.5, 0.6) is 0 Å². The molecule has 2 rings (SSSR count). The van der Waals surface area contributed by atoms with Crippen molar-refractivity contribution in [2.24, 2.45) is 0 Å². The van der Waals surface area contributed by atoms with E-state index in [4.69, 9.17) is 24.5 Å². The predicted octanol–water partition coefficient (Wildman–Crippen LogP) is 1.22. The van der Waals surface area contributed by atoms with Crippen molar-refractivity contribution in [2.45, 2.75) is 38.5 Å². The number of allylic oxidation sites excluding steroid dienone is 3. The first-order valence-corrected chi connectivity index (χ1v) is 7.68. The van der Waals surface area contributed by atoms with Crippen molar-refractivity contribution in [1.29, 1.82) is 0 Å². The van der Waals surface area contributed by atoms with Gasteiger partial charge >= 0.3 is 5.97 Å². The normalized spacial score (nSPS) is 21.4. The highest BCUT2D eigenvalue weighted by atomic mass is 16.6. The van der Waals surface area contributed by atoms with E-state index < -0.39 is 5.97 Å². The number of hydrogen-bond acceptors (Lipinski definition) is 7. The van der Waals surface area contributed by atoms with Gasteiger partial charge in [-0.05, 0) is 32.3 Å². The molecule has 0 bridgehead atoms. The molecule has 1 fully saturated rings. The Labute approximate surface area is 147 Å². The Bertz CT molecular complexity index is 499. The van der Waals surface area contributed by atoms with Crippen LogP contribution in [0.25, 0.3) is 0 Å². The molecule has 1 saturated heterocycles. The maximum Gasteiger partial charge on any atom is 0.330 e. The molecule has 25 heavy (non-hydrogen) atoms. The number of aldehydes is 1. The number of carbonyl (C=O) groups is 3. The molecule has 0 aromatic rings. The van der Waals surface area contributed by atoms with Gasteiger partial charge in [-0.25, -0.2) is 4.79 Å². The molecule has 8 nitrogen and oxygen atoms in total. The van der Waals surface area contributed by atoms with E-state index in [-0.39, 0.29) is 25.4 Å². The van der Waals surface area contributed by atoms with E-state index in [1.165, 1.54) is 5.57 Å². The molecule has 8 heteroatoms. The van der Waals surface area contributed by atoms with Gasteiger partial charge in [0.15, 0.2) is 0 Å². The number of carboxylic acid groups (broad SMARTS) is 1. The fraction of sp³-hybridized carbons (Fsp3) is 0.471. The zero-order chi connectivity index (χ0) is 19.1. The maximum absolute atomic E-state index is 11.2. The van der Waals surface area contributed by atoms with Gasteiger partial charge in [0.1, 0.15) is 19.1 Å². The van der Waals surface area contributed by atoms with Crippen LogP contribution in [0.3, 0.4) is 0 Å². The summed E-state index contributed by atoms with van der Waals surface area (Å²) >= 11 is 0. The fourth-order valence-electron chi connectivity index (χ4n) is 2.26. The van der Waals surface area contributed by atoms with Crippen molar-refractivity contribution in [1.82, 2.24) is 4.90 Å². The lowest BCUT2D eigenvalue weighted by molar-refractivity contribution is -0.142. The molecule has 2 aliphatic heterocycles. The van der Waals surface area contributed by atoms with Crippen LogP contribution in [0.4, 0.5) is 0 Å². The Morgan fingerprint density at radius 2 is 2.08 bits per heavy atom. The van der Waals surface area contributed by atoms with Crippen molar-refractivity contribution in [2.75, 3.05) is 13.7 Å². The van der Waals surface area contributed by atoms with Gasteiger partial charge in [-0.2, -0.15) is 0 Å². The lowest BCUT2D eigenvalue weighted by Crippen LogP contribution is -2.29. The van der Waals surface area contributed by atoms with Gasteiger partial charge in [-0.15, -0.1) is 0 Å². The van der Waals surface area contributed by atoms with E-state index in [1.54, 1.807) is 0 Å². The van der Waals surface area contributed by atoms with Gasteiger partial charge in [0, 0.05) is 25.6 Å². The van der Waals surface area contributed by atoms with Crippen molar-refractivity contribution in [3.8, 4) is 0 Å². The first kappa shape index (κ1) is 22.6. The molecule has 0 aliphatic carbocycles. The van der Waals surface area contributed by atoms with Crippen LogP contribution in [0.2, 0.25) is 0 Å². The fourth-order valence-corrected chi connectivity index (χ4v) is 2.26. The van der Waals surface area contributed by atoms with Crippen LogP contribution < -0.4 is 0 Å². The Kier molecular flexibility index (Phi) is 12.6. The van der Waals surface area contributed by atoms with Gasteiger partial charge in [0.2, 0.25) is 0 Å². The average molecular weight is 355 g/mol. The zero-order valence-electron chi connectivity index (χ0n) is 14.4. The van der Waals surface area contributed by atoms with Crippen LogP contribution in [0.15, 0.2) is 36.2 Å². The molecular formula is C17H25NO7. The highest BCUT2D eigenvalue weighted by Gasteiger charge is 2.29. The monoisotopic (exact) mass is 355 g/mol. The van der Waals surface area contributed by atoms with Gasteiger partial charge in [-0.1, -0.05) is 11.6 Å². The molecule has 0 radical (unpaired) electrons. The van der Waals surface area contributed by atoms with Crippen LogP contribution in [-0.2, 0) is 23.9 Å². The van der Waals surface area contributed by atoms with Crippen molar-refractivity contribution in [3.05, 3.63) is 36.2 Å². The molecule has 0 aromatic heterocycles. The molecule has 140 valence electrons. The molecule has 0 amide bonds. The number of aliphatic hydroxyl groups is 1. The topological polar surface area (TPSA) is 113 Å². The Hall–Kier alpha value is -2.45. The summed E-state index contributed by atoms with van der Waals surface area (Å²) < 4.78 is 10.9. The second-order valence-corrected chi connectivity index (χ2v) is 5.03. The minimum Gasteiger partial charge on any atom is -0.483 e. The van der Waals surface area contributed by atoms with E-state index in [9.17, 15) is 9.59 Å². The summed E-state index contributed by atoms with van der Waals surface area (Å²) in [7, 11) is 1.00. The van der Waals surface area contributed by atoms with Crippen LogP contribution >= 0.6 is 0 Å². The predicted molar refractivity (Wildman–Crippen MR) is 90.2 cm³/mol. The second kappa shape index (κ2) is 13.9. The molecule has 2 heterocycles. The van der Waals surface area contributed by atoms with E-state index in [0.717, 1.165) is 38.5 Å². The third kappa shape index (κ3) is 9.43. The van der Waals surface area contributed by atoms with Crippen molar-refractivity contribution < 1.29 is 34.1 Å². The molecule has 2 aliphatic rings. The minimum atomic E-state index is -0.516. The number of aliphatic hydroxyl groups excluding tert-OH is 1. The van der Waals surface area contributed by atoms with Gasteiger partial charge in [0.05, 0.1) is 6.10 Å². The second-order valence-electron chi connectivity index (χ2n) is 5.03. The summed E-state index contributed by atoms with van der Waals surface area (Å²) in [6, 6.07) is 0. The third-order valence-electron chi connectivity index (χ3n) is 3.23. The highest BCUT2D eigenvalue weighted by Crippen LogP contribution is 2.26. The summed E-state index contributed by atoms with van der Waals surface area (Å²) in [5, 5.41) is 13.9. The number of carbonyl (C=O) groups excluding carboxylic acids is 2. The maximum atomic E-state index is 11.2.